The molecule has 13 nitrogen and oxygen atoms in total. The summed E-state index contributed by atoms with van der Waals surface area (Å²) in [6.45, 7) is 6.75. The molecule has 3 fully saturated rings. The summed E-state index contributed by atoms with van der Waals surface area (Å²) in [7, 11) is 4.20. The fourth-order valence-corrected chi connectivity index (χ4v) is 8.22. The number of Topliss-reactive ketones (excluding diaryl/α,β-unsaturated/α-hetero) is 2. The minimum Gasteiger partial charge on any atom is -0.455 e. The molecule has 3 aliphatic carbocycles. The summed E-state index contributed by atoms with van der Waals surface area (Å²) in [6.07, 6.45) is -8.58. The topological polar surface area (TPSA) is 175 Å². The van der Waals surface area contributed by atoms with E-state index in [9.17, 15) is 29.4 Å². The number of aliphatic hydroxyl groups is 2. The second-order valence-corrected chi connectivity index (χ2v) is 13.5. The third kappa shape index (κ3) is 4.46. The molecule has 0 aromatic heterocycles. The summed E-state index contributed by atoms with van der Waals surface area (Å²) in [4.78, 5) is 69.9. The van der Waals surface area contributed by atoms with Crippen LogP contribution in [0, 0.1) is 16.7 Å². The molecule has 1 aliphatic heterocycles. The summed E-state index contributed by atoms with van der Waals surface area (Å²) >= 11 is 0. The summed E-state index contributed by atoms with van der Waals surface area (Å²) < 4.78 is 29.8. The maximum Gasteiger partial charge on any atom is 0.410 e. The number of nitrogens with zero attached hydrogens (tertiary/aromatic N) is 1. The highest BCUT2D eigenvalue weighted by atomic mass is 16.6. The molecule has 0 spiro atoms. The van der Waals surface area contributed by atoms with E-state index in [-0.39, 0.29) is 29.7 Å². The Hall–Kier alpha value is -3.65. The Morgan fingerprint density at radius 3 is 2.20 bits per heavy atom. The molecule has 5 rings (SSSR count). The first-order valence-electron chi connectivity index (χ1n) is 15.1. The molecule has 13 heteroatoms. The van der Waals surface area contributed by atoms with E-state index < -0.39 is 88.1 Å². The molecule has 1 heterocycles. The molecule has 2 saturated carbocycles. The lowest BCUT2D eigenvalue weighted by molar-refractivity contribution is -0.349. The van der Waals surface area contributed by atoms with Crippen LogP contribution in [-0.2, 0) is 38.1 Å². The minimum absolute atomic E-state index is 0.0392. The largest absolute Gasteiger partial charge is 0.455 e. The molecule has 9 atom stereocenters. The zero-order valence-electron chi connectivity index (χ0n) is 27.2. The first-order valence-corrected chi connectivity index (χ1v) is 15.1. The monoisotopic (exact) mass is 643 g/mol. The van der Waals surface area contributed by atoms with Gasteiger partial charge in [-0.3, -0.25) is 14.4 Å². The van der Waals surface area contributed by atoms with Crippen molar-refractivity contribution in [2.75, 3.05) is 27.8 Å². The summed E-state index contributed by atoms with van der Waals surface area (Å²) in [5.41, 5.74) is -8.02. The van der Waals surface area contributed by atoms with Gasteiger partial charge in [-0.25, -0.2) is 9.59 Å². The molecule has 1 amide bonds. The van der Waals surface area contributed by atoms with Gasteiger partial charge in [-0.1, -0.05) is 32.0 Å². The van der Waals surface area contributed by atoms with Gasteiger partial charge in [0.1, 0.15) is 23.9 Å². The Labute approximate surface area is 266 Å². The predicted octanol–water partition coefficient (Wildman–Crippen LogP) is 1.62. The lowest BCUT2D eigenvalue weighted by atomic mass is 9.44. The van der Waals surface area contributed by atoms with E-state index in [0.717, 1.165) is 4.90 Å². The Morgan fingerprint density at radius 2 is 1.67 bits per heavy atom. The van der Waals surface area contributed by atoms with Crippen molar-refractivity contribution in [2.24, 2.45) is 16.7 Å². The number of benzene rings is 1. The smallest absolute Gasteiger partial charge is 0.410 e. The van der Waals surface area contributed by atoms with E-state index in [4.69, 9.17) is 23.7 Å². The van der Waals surface area contributed by atoms with Gasteiger partial charge in [-0.15, -0.1) is 0 Å². The minimum atomic E-state index is -2.66. The fourth-order valence-electron chi connectivity index (χ4n) is 8.22. The number of aliphatic hydroxyl groups excluding tert-OH is 1. The zero-order valence-corrected chi connectivity index (χ0v) is 27.2. The molecular formula is C33H41NO12. The summed E-state index contributed by atoms with van der Waals surface area (Å²) in [5.74, 6) is -4.84. The maximum absolute atomic E-state index is 15.2. The van der Waals surface area contributed by atoms with Crippen molar-refractivity contribution in [3.8, 4) is 0 Å². The summed E-state index contributed by atoms with van der Waals surface area (Å²) in [6, 6.07) is 7.86. The molecule has 1 aromatic carbocycles. The standard InChI is InChI=1S/C33H41NO12/c1-16-21-23(44-29(40)34(6)7)26(38)31(5)19(42-8)14-20-32(15-43-20,46-17(2)35)24(31)27(45-28(39)18-12-10-9-11-13-18)33(41,30(21,3)4)25(37)22(16)36/h9-13,19-20,23-25,27,37,41H,14-15H2,1-8H3/t19-,20+,23+,24-,25-,27-,31+,32-,33+/m0/s1. The van der Waals surface area contributed by atoms with Gasteiger partial charge in [0.25, 0.3) is 0 Å². The number of hydrogen-bond acceptors (Lipinski definition) is 12. The van der Waals surface area contributed by atoms with Crippen LogP contribution in [0.1, 0.15) is 51.4 Å². The molecule has 1 saturated heterocycles. The fraction of sp³-hybridized carbons (Fsp3) is 0.606. The third-order valence-electron chi connectivity index (χ3n) is 10.7. The Kier molecular flexibility index (Phi) is 8.24. The molecule has 0 radical (unpaired) electrons. The number of carbonyl (C=O) groups excluding carboxylic acids is 5. The van der Waals surface area contributed by atoms with E-state index in [0.29, 0.717) is 0 Å². The number of rotatable bonds is 5. The highest BCUT2D eigenvalue weighted by molar-refractivity contribution is 6.05. The number of fused-ring (bicyclic) bond motifs is 5. The number of ether oxygens (including phenoxy) is 5. The van der Waals surface area contributed by atoms with E-state index in [2.05, 4.69) is 0 Å². The van der Waals surface area contributed by atoms with Gasteiger partial charge in [-0.2, -0.15) is 0 Å². The molecule has 2 bridgehead atoms. The van der Waals surface area contributed by atoms with E-state index >= 15 is 4.79 Å². The number of methoxy groups -OCH3 is 1. The van der Waals surface area contributed by atoms with Crippen LogP contribution in [0.4, 0.5) is 4.79 Å². The number of carbonyl (C=O) groups is 5. The van der Waals surface area contributed by atoms with E-state index in [1.807, 2.05) is 0 Å². The number of hydrogen-bond donors (Lipinski definition) is 2. The highest BCUT2D eigenvalue weighted by Crippen LogP contribution is 2.64. The lowest BCUT2D eigenvalue weighted by Crippen LogP contribution is -2.83. The van der Waals surface area contributed by atoms with Crippen LogP contribution in [0.5, 0.6) is 0 Å². The van der Waals surface area contributed by atoms with Gasteiger partial charge in [0.2, 0.25) is 0 Å². The second kappa shape index (κ2) is 11.3. The van der Waals surface area contributed by atoms with Crippen molar-refractivity contribution < 1.29 is 57.9 Å². The van der Waals surface area contributed by atoms with Gasteiger partial charge in [0.05, 0.1) is 29.6 Å². The van der Waals surface area contributed by atoms with Crippen LogP contribution in [-0.4, -0.2) is 114 Å². The average Bonchev–Trinajstić information content (AvgIpc) is 2.99. The zero-order chi connectivity index (χ0) is 34.1. The molecule has 2 N–H and O–H groups in total. The van der Waals surface area contributed by atoms with Crippen molar-refractivity contribution >= 4 is 29.6 Å². The quantitative estimate of drug-likeness (QED) is 0.351. The van der Waals surface area contributed by atoms with Crippen LogP contribution >= 0.6 is 0 Å². The van der Waals surface area contributed by atoms with Crippen molar-refractivity contribution in [2.45, 2.75) is 82.8 Å². The van der Waals surface area contributed by atoms with Gasteiger partial charge in [-0.05, 0) is 37.1 Å². The van der Waals surface area contributed by atoms with Crippen molar-refractivity contribution in [3.63, 3.8) is 0 Å². The molecular weight excluding hydrogens is 602 g/mol. The molecule has 0 unspecified atom stereocenters. The van der Waals surface area contributed by atoms with Crippen molar-refractivity contribution in [1.82, 2.24) is 4.90 Å². The average molecular weight is 644 g/mol. The predicted molar refractivity (Wildman–Crippen MR) is 158 cm³/mol. The Balaban J connectivity index is 1.89. The van der Waals surface area contributed by atoms with Gasteiger partial charge < -0.3 is 38.8 Å². The second-order valence-electron chi connectivity index (χ2n) is 13.5. The van der Waals surface area contributed by atoms with Crippen molar-refractivity contribution in [3.05, 3.63) is 47.0 Å². The van der Waals surface area contributed by atoms with Gasteiger partial charge in [0.15, 0.2) is 23.3 Å². The van der Waals surface area contributed by atoms with Crippen molar-refractivity contribution in [1.29, 1.82) is 0 Å². The molecule has 1 aromatic rings. The van der Waals surface area contributed by atoms with Gasteiger partial charge >= 0.3 is 18.0 Å². The third-order valence-corrected chi connectivity index (χ3v) is 10.7. The van der Waals surface area contributed by atoms with E-state index in [1.54, 1.807) is 18.2 Å². The lowest BCUT2D eigenvalue weighted by Gasteiger charge is -2.67. The molecule has 46 heavy (non-hydrogen) atoms. The van der Waals surface area contributed by atoms with Crippen LogP contribution in [0.15, 0.2) is 41.5 Å². The summed E-state index contributed by atoms with van der Waals surface area (Å²) in [5, 5.41) is 24.8. The van der Waals surface area contributed by atoms with Crippen LogP contribution < -0.4 is 0 Å². The Bertz CT molecular complexity index is 1500. The normalized spacial score (nSPS) is 37.9. The maximum atomic E-state index is 15.2. The number of ketones is 2. The van der Waals surface area contributed by atoms with Crippen LogP contribution in [0.2, 0.25) is 0 Å². The first kappa shape index (κ1) is 33.7. The van der Waals surface area contributed by atoms with Crippen LogP contribution in [0.25, 0.3) is 0 Å². The highest BCUT2D eigenvalue weighted by Gasteiger charge is 2.80. The van der Waals surface area contributed by atoms with Gasteiger partial charge in [0, 0.05) is 40.0 Å². The van der Waals surface area contributed by atoms with E-state index in [1.165, 1.54) is 68.0 Å². The number of esters is 2. The molecule has 250 valence electrons. The van der Waals surface area contributed by atoms with Crippen LogP contribution in [0.3, 0.4) is 0 Å². The molecule has 4 aliphatic rings. The first-order chi connectivity index (χ1) is 21.4. The Morgan fingerprint density at radius 1 is 1.04 bits per heavy atom. The SMILES string of the molecule is CO[C@H]1C[C@H]2OC[C@@]2(OC(C)=O)[C@H]2[C@H](OC(=O)c3ccccc3)[C@]3(O)[C@@H](O)C(=O)C(C)=C([C@@H](OC(=O)N(C)C)C(=O)[C@]12C)C3(C)C. The number of amides is 1.